The van der Waals surface area contributed by atoms with E-state index in [0.29, 0.717) is 6.54 Å². The monoisotopic (exact) mass is 255 g/mol. The molecular weight excluding hydrogens is 238 g/mol. The van der Waals surface area contributed by atoms with Crippen molar-refractivity contribution in [2.75, 3.05) is 25.9 Å². The molecule has 0 aliphatic rings. The van der Waals surface area contributed by atoms with Gasteiger partial charge in [0.05, 0.1) is 7.11 Å². The molecule has 1 rings (SSSR count). The van der Waals surface area contributed by atoms with Crippen molar-refractivity contribution in [1.29, 1.82) is 0 Å². The Kier molecular flexibility index (Phi) is 5.09. The summed E-state index contributed by atoms with van der Waals surface area (Å²) in [5.74, 6) is -0.570. The third-order valence-electron chi connectivity index (χ3n) is 2.25. The molecule has 100 valence electrons. The van der Waals surface area contributed by atoms with Crippen LogP contribution in [0.2, 0.25) is 0 Å². The first-order chi connectivity index (χ1) is 8.56. The van der Waals surface area contributed by atoms with Gasteiger partial charge in [0.2, 0.25) is 11.9 Å². The summed E-state index contributed by atoms with van der Waals surface area (Å²) < 4.78 is 5.87. The van der Waals surface area contributed by atoms with E-state index in [9.17, 15) is 9.59 Å². The largest absolute Gasteiger partial charge is 0.468 e. The predicted octanol–water partition coefficient (Wildman–Crippen LogP) is -0.728. The van der Waals surface area contributed by atoms with E-state index in [1.54, 1.807) is 0 Å². The maximum atomic E-state index is 12.0. The lowest BCUT2D eigenvalue weighted by atomic mass is 10.3. The normalized spacial score (nSPS) is 10.1. The molecule has 0 aliphatic heterocycles. The molecule has 8 heteroatoms. The number of amides is 1. The number of ether oxygens (including phenoxy) is 1. The lowest BCUT2D eigenvalue weighted by molar-refractivity contribution is -0.147. The van der Waals surface area contributed by atoms with Crippen molar-refractivity contribution in [1.82, 2.24) is 19.7 Å². The highest BCUT2D eigenvalue weighted by molar-refractivity contribution is 5.81. The Morgan fingerprint density at radius 1 is 1.56 bits per heavy atom. The van der Waals surface area contributed by atoms with Gasteiger partial charge in [-0.3, -0.25) is 9.59 Å². The average molecular weight is 255 g/mol. The number of methoxy groups -OCH3 is 1. The van der Waals surface area contributed by atoms with Gasteiger partial charge < -0.3 is 15.4 Å². The van der Waals surface area contributed by atoms with Crippen LogP contribution in [0.15, 0.2) is 6.33 Å². The van der Waals surface area contributed by atoms with Gasteiger partial charge >= 0.3 is 5.97 Å². The molecule has 18 heavy (non-hydrogen) atoms. The molecule has 0 aliphatic carbocycles. The van der Waals surface area contributed by atoms with Crippen LogP contribution in [-0.2, 0) is 20.9 Å². The Labute approximate surface area is 105 Å². The molecule has 0 bridgehead atoms. The summed E-state index contributed by atoms with van der Waals surface area (Å²) >= 11 is 0. The zero-order chi connectivity index (χ0) is 13.5. The topological polar surface area (TPSA) is 103 Å². The molecule has 0 fully saturated rings. The second-order valence-corrected chi connectivity index (χ2v) is 3.69. The molecule has 0 unspecified atom stereocenters. The van der Waals surface area contributed by atoms with Gasteiger partial charge in [-0.05, 0) is 6.42 Å². The first-order valence-electron chi connectivity index (χ1n) is 5.56. The smallest absolute Gasteiger partial charge is 0.325 e. The minimum Gasteiger partial charge on any atom is -0.468 e. The van der Waals surface area contributed by atoms with Crippen LogP contribution in [0.3, 0.4) is 0 Å². The Balaban J connectivity index is 2.61. The van der Waals surface area contributed by atoms with Crippen molar-refractivity contribution in [3.05, 3.63) is 6.33 Å². The number of rotatable bonds is 6. The highest BCUT2D eigenvalue weighted by Crippen LogP contribution is 1.98. The fourth-order valence-corrected chi connectivity index (χ4v) is 1.41. The SMILES string of the molecule is CCCN(CC(=O)OC)C(=O)Cn1cnc(N)n1. The Hall–Kier alpha value is -2.12. The van der Waals surface area contributed by atoms with Gasteiger partial charge in [0.1, 0.15) is 19.4 Å². The van der Waals surface area contributed by atoms with Gasteiger partial charge in [0, 0.05) is 6.54 Å². The van der Waals surface area contributed by atoms with Crippen LogP contribution in [0, 0.1) is 0 Å². The first kappa shape index (κ1) is 13.9. The number of esters is 1. The number of aromatic nitrogens is 3. The van der Waals surface area contributed by atoms with Crippen LogP contribution < -0.4 is 5.73 Å². The van der Waals surface area contributed by atoms with Gasteiger partial charge in [-0.1, -0.05) is 6.92 Å². The lowest BCUT2D eigenvalue weighted by Crippen LogP contribution is -2.38. The summed E-state index contributed by atoms with van der Waals surface area (Å²) in [6.07, 6.45) is 2.12. The molecule has 0 aromatic carbocycles. The minimum absolute atomic E-state index is 0.00118. The quantitative estimate of drug-likeness (QED) is 0.672. The van der Waals surface area contributed by atoms with Crippen LogP contribution in [0.4, 0.5) is 5.95 Å². The summed E-state index contributed by atoms with van der Waals surface area (Å²) in [7, 11) is 1.29. The van der Waals surface area contributed by atoms with E-state index in [4.69, 9.17) is 5.73 Å². The highest BCUT2D eigenvalue weighted by atomic mass is 16.5. The molecule has 8 nitrogen and oxygen atoms in total. The molecule has 0 saturated carbocycles. The standard InChI is InChI=1S/C10H17N5O3/c1-3-4-14(6-9(17)18-2)8(16)5-15-7-12-10(11)13-15/h7H,3-6H2,1-2H3,(H2,11,13). The first-order valence-corrected chi connectivity index (χ1v) is 5.56. The molecule has 0 spiro atoms. The number of anilines is 1. The molecule has 2 N–H and O–H groups in total. The number of hydrogen-bond donors (Lipinski definition) is 1. The maximum absolute atomic E-state index is 12.0. The van der Waals surface area contributed by atoms with E-state index in [-0.39, 0.29) is 24.9 Å². The second kappa shape index (κ2) is 6.58. The fourth-order valence-electron chi connectivity index (χ4n) is 1.41. The molecule has 1 aromatic rings. The van der Waals surface area contributed by atoms with E-state index in [0.717, 1.165) is 6.42 Å². The summed E-state index contributed by atoms with van der Waals surface area (Å²) in [6.45, 7) is 2.34. The summed E-state index contributed by atoms with van der Waals surface area (Å²) in [5, 5.41) is 3.81. The molecule has 1 amide bonds. The van der Waals surface area contributed by atoms with Gasteiger partial charge in [-0.15, -0.1) is 5.10 Å². The number of nitrogens with two attached hydrogens (primary N) is 1. The van der Waals surface area contributed by atoms with Crippen LogP contribution in [-0.4, -0.2) is 51.7 Å². The summed E-state index contributed by atoms with van der Waals surface area (Å²) in [6, 6.07) is 0. The van der Waals surface area contributed by atoms with Crippen LogP contribution in [0.25, 0.3) is 0 Å². The molecule has 1 aromatic heterocycles. The number of nitrogens with zero attached hydrogens (tertiary/aromatic N) is 4. The van der Waals surface area contributed by atoms with Crippen molar-refractivity contribution < 1.29 is 14.3 Å². The van der Waals surface area contributed by atoms with E-state index < -0.39 is 5.97 Å². The summed E-state index contributed by atoms with van der Waals surface area (Å²) in [4.78, 5) is 28.3. The maximum Gasteiger partial charge on any atom is 0.325 e. The van der Waals surface area contributed by atoms with E-state index >= 15 is 0 Å². The third kappa shape index (κ3) is 4.04. The van der Waals surface area contributed by atoms with Crippen LogP contribution in [0.5, 0.6) is 0 Å². The summed E-state index contributed by atoms with van der Waals surface area (Å²) in [5.41, 5.74) is 5.35. The van der Waals surface area contributed by atoms with Gasteiger partial charge in [-0.25, -0.2) is 9.67 Å². The zero-order valence-electron chi connectivity index (χ0n) is 10.5. The van der Waals surface area contributed by atoms with E-state index in [1.165, 1.54) is 23.0 Å². The molecular formula is C10H17N5O3. The predicted molar refractivity (Wildman–Crippen MR) is 63.3 cm³/mol. The number of nitrogen functional groups attached to an aromatic ring is 1. The van der Waals surface area contributed by atoms with Crippen molar-refractivity contribution in [2.24, 2.45) is 0 Å². The van der Waals surface area contributed by atoms with Crippen molar-refractivity contribution in [2.45, 2.75) is 19.9 Å². The van der Waals surface area contributed by atoms with E-state index in [1.807, 2.05) is 6.92 Å². The number of hydrogen-bond acceptors (Lipinski definition) is 6. The van der Waals surface area contributed by atoms with Gasteiger partial charge in [-0.2, -0.15) is 0 Å². The van der Waals surface area contributed by atoms with Gasteiger partial charge in [0.15, 0.2) is 0 Å². The van der Waals surface area contributed by atoms with Crippen LogP contribution in [0.1, 0.15) is 13.3 Å². The van der Waals surface area contributed by atoms with E-state index in [2.05, 4.69) is 14.8 Å². The molecule has 0 atom stereocenters. The second-order valence-electron chi connectivity index (χ2n) is 3.69. The lowest BCUT2D eigenvalue weighted by Gasteiger charge is -2.20. The van der Waals surface area contributed by atoms with Gasteiger partial charge in [0.25, 0.3) is 0 Å². The molecule has 1 heterocycles. The Bertz CT molecular complexity index is 417. The Morgan fingerprint density at radius 3 is 2.78 bits per heavy atom. The molecule has 0 saturated heterocycles. The fraction of sp³-hybridized carbons (Fsp3) is 0.600. The van der Waals surface area contributed by atoms with Crippen molar-refractivity contribution in [3.8, 4) is 0 Å². The number of carbonyl (C=O) groups excluding carboxylic acids is 2. The zero-order valence-corrected chi connectivity index (χ0v) is 10.5. The van der Waals surface area contributed by atoms with Crippen molar-refractivity contribution >= 4 is 17.8 Å². The number of carbonyl (C=O) groups is 2. The van der Waals surface area contributed by atoms with Crippen LogP contribution >= 0.6 is 0 Å². The highest BCUT2D eigenvalue weighted by Gasteiger charge is 2.17. The Morgan fingerprint density at radius 2 is 2.28 bits per heavy atom. The molecule has 0 radical (unpaired) electrons. The van der Waals surface area contributed by atoms with Crippen molar-refractivity contribution in [3.63, 3.8) is 0 Å². The average Bonchev–Trinajstić information content (AvgIpc) is 2.73. The minimum atomic E-state index is -0.449. The third-order valence-corrected chi connectivity index (χ3v) is 2.25.